The Balaban J connectivity index is 3.36. The standard InChI is InChI=1S/C14H21NO2/c1-7-17-13(16)11-8-9(2)10(3)15-12(11)14(4,5)6/h8H,7H2,1-6H3. The molecule has 0 radical (unpaired) electrons. The van der Waals surface area contributed by atoms with Crippen LogP contribution in [0.5, 0.6) is 0 Å². The summed E-state index contributed by atoms with van der Waals surface area (Å²) >= 11 is 0. The van der Waals surface area contributed by atoms with Gasteiger partial charge in [-0.25, -0.2) is 4.79 Å². The number of hydrogen-bond donors (Lipinski definition) is 0. The van der Waals surface area contributed by atoms with Crippen molar-refractivity contribution >= 4 is 5.97 Å². The normalized spacial score (nSPS) is 11.4. The zero-order valence-electron chi connectivity index (χ0n) is 11.5. The first-order valence-corrected chi connectivity index (χ1v) is 5.93. The van der Waals surface area contributed by atoms with Gasteiger partial charge in [0.15, 0.2) is 0 Å². The highest BCUT2D eigenvalue weighted by Crippen LogP contribution is 2.26. The van der Waals surface area contributed by atoms with Crippen LogP contribution in [0, 0.1) is 13.8 Å². The molecule has 0 unspecified atom stereocenters. The molecule has 17 heavy (non-hydrogen) atoms. The molecular formula is C14H21NO2. The quantitative estimate of drug-likeness (QED) is 0.739. The van der Waals surface area contributed by atoms with E-state index in [2.05, 4.69) is 4.98 Å². The Kier molecular flexibility index (Phi) is 3.91. The number of carbonyl (C=O) groups excluding carboxylic acids is 1. The van der Waals surface area contributed by atoms with Crippen LogP contribution in [0.25, 0.3) is 0 Å². The minimum Gasteiger partial charge on any atom is -0.462 e. The molecule has 0 saturated carbocycles. The topological polar surface area (TPSA) is 39.2 Å². The third-order valence-electron chi connectivity index (χ3n) is 2.67. The first-order valence-electron chi connectivity index (χ1n) is 5.93. The molecule has 0 bridgehead atoms. The lowest BCUT2D eigenvalue weighted by molar-refractivity contribution is 0.0522. The van der Waals surface area contributed by atoms with Crippen molar-refractivity contribution in [2.24, 2.45) is 0 Å². The Morgan fingerprint density at radius 3 is 2.41 bits per heavy atom. The van der Waals surface area contributed by atoms with Gasteiger partial charge in [0.1, 0.15) is 0 Å². The van der Waals surface area contributed by atoms with E-state index < -0.39 is 0 Å². The Hall–Kier alpha value is -1.38. The van der Waals surface area contributed by atoms with Crippen LogP contribution in [0.2, 0.25) is 0 Å². The number of esters is 1. The fourth-order valence-electron chi connectivity index (χ4n) is 1.64. The maximum atomic E-state index is 11.9. The van der Waals surface area contributed by atoms with Crippen LogP contribution in [-0.4, -0.2) is 17.6 Å². The summed E-state index contributed by atoms with van der Waals surface area (Å²) in [6.45, 7) is 12.3. The zero-order valence-corrected chi connectivity index (χ0v) is 11.5. The van der Waals surface area contributed by atoms with Gasteiger partial charge in [-0.2, -0.15) is 0 Å². The predicted octanol–water partition coefficient (Wildman–Crippen LogP) is 3.17. The van der Waals surface area contributed by atoms with Crippen LogP contribution in [0.3, 0.4) is 0 Å². The molecule has 0 N–H and O–H groups in total. The summed E-state index contributed by atoms with van der Waals surface area (Å²) < 4.78 is 5.08. The second-order valence-electron chi connectivity index (χ2n) is 5.26. The summed E-state index contributed by atoms with van der Waals surface area (Å²) in [4.78, 5) is 16.5. The van der Waals surface area contributed by atoms with Crippen LogP contribution in [-0.2, 0) is 10.2 Å². The number of nitrogens with zero attached hydrogens (tertiary/aromatic N) is 1. The Labute approximate surface area is 103 Å². The molecule has 0 aliphatic carbocycles. The summed E-state index contributed by atoms with van der Waals surface area (Å²) in [6.07, 6.45) is 0. The van der Waals surface area contributed by atoms with Crippen LogP contribution in [0.1, 0.15) is 55.0 Å². The van der Waals surface area contributed by atoms with Crippen molar-refractivity contribution in [2.75, 3.05) is 6.61 Å². The summed E-state index contributed by atoms with van der Waals surface area (Å²) in [5, 5.41) is 0. The average Bonchev–Trinajstić information content (AvgIpc) is 2.20. The molecule has 0 fully saturated rings. The second-order valence-corrected chi connectivity index (χ2v) is 5.26. The van der Waals surface area contributed by atoms with Crippen LogP contribution in [0.15, 0.2) is 6.07 Å². The monoisotopic (exact) mass is 235 g/mol. The van der Waals surface area contributed by atoms with E-state index >= 15 is 0 Å². The van der Waals surface area contributed by atoms with Crippen molar-refractivity contribution in [1.82, 2.24) is 4.98 Å². The van der Waals surface area contributed by atoms with E-state index in [0.717, 1.165) is 17.0 Å². The second kappa shape index (κ2) is 4.86. The maximum absolute atomic E-state index is 11.9. The summed E-state index contributed by atoms with van der Waals surface area (Å²) in [6, 6.07) is 1.88. The minimum atomic E-state index is -0.284. The van der Waals surface area contributed by atoms with Gasteiger partial charge in [-0.05, 0) is 32.4 Å². The zero-order chi connectivity index (χ0) is 13.2. The molecule has 0 spiro atoms. The Bertz CT molecular complexity index is 431. The lowest BCUT2D eigenvalue weighted by atomic mass is 9.87. The molecule has 1 heterocycles. The first-order chi connectivity index (χ1) is 7.77. The largest absolute Gasteiger partial charge is 0.462 e. The Morgan fingerprint density at radius 1 is 1.35 bits per heavy atom. The molecular weight excluding hydrogens is 214 g/mol. The molecule has 0 aliphatic rings. The van der Waals surface area contributed by atoms with E-state index in [0.29, 0.717) is 12.2 Å². The summed E-state index contributed by atoms with van der Waals surface area (Å²) in [5.74, 6) is -0.284. The number of ether oxygens (including phenoxy) is 1. The molecule has 0 aliphatic heterocycles. The van der Waals surface area contributed by atoms with Gasteiger partial charge in [0.25, 0.3) is 0 Å². The molecule has 1 aromatic rings. The molecule has 1 aromatic heterocycles. The van der Waals surface area contributed by atoms with E-state index in [1.807, 2.05) is 47.6 Å². The van der Waals surface area contributed by atoms with Crippen molar-refractivity contribution in [3.8, 4) is 0 Å². The highest BCUT2D eigenvalue weighted by Gasteiger charge is 2.25. The van der Waals surface area contributed by atoms with Gasteiger partial charge in [-0.15, -0.1) is 0 Å². The number of aryl methyl sites for hydroxylation is 2. The summed E-state index contributed by atoms with van der Waals surface area (Å²) in [7, 11) is 0. The molecule has 1 rings (SSSR count). The fourth-order valence-corrected chi connectivity index (χ4v) is 1.64. The Morgan fingerprint density at radius 2 is 1.94 bits per heavy atom. The molecule has 0 saturated heterocycles. The van der Waals surface area contributed by atoms with Crippen molar-refractivity contribution in [1.29, 1.82) is 0 Å². The maximum Gasteiger partial charge on any atom is 0.340 e. The minimum absolute atomic E-state index is 0.166. The number of hydrogen-bond acceptors (Lipinski definition) is 3. The van der Waals surface area contributed by atoms with Gasteiger partial charge in [-0.3, -0.25) is 4.98 Å². The van der Waals surface area contributed by atoms with E-state index in [1.165, 1.54) is 0 Å². The van der Waals surface area contributed by atoms with Crippen LogP contribution >= 0.6 is 0 Å². The van der Waals surface area contributed by atoms with Crippen LogP contribution < -0.4 is 0 Å². The van der Waals surface area contributed by atoms with Gasteiger partial charge in [0, 0.05) is 11.1 Å². The lowest BCUT2D eigenvalue weighted by Gasteiger charge is -2.22. The van der Waals surface area contributed by atoms with Gasteiger partial charge in [0.2, 0.25) is 0 Å². The molecule has 94 valence electrons. The van der Waals surface area contributed by atoms with Crippen molar-refractivity contribution in [2.45, 2.75) is 47.0 Å². The van der Waals surface area contributed by atoms with E-state index in [-0.39, 0.29) is 11.4 Å². The first kappa shape index (κ1) is 13.7. The van der Waals surface area contributed by atoms with Crippen molar-refractivity contribution in [3.63, 3.8) is 0 Å². The third kappa shape index (κ3) is 3.05. The SMILES string of the molecule is CCOC(=O)c1cc(C)c(C)nc1C(C)(C)C. The number of carbonyl (C=O) groups is 1. The highest BCUT2D eigenvalue weighted by molar-refractivity contribution is 5.91. The van der Waals surface area contributed by atoms with Gasteiger partial charge in [0.05, 0.1) is 17.9 Å². The average molecular weight is 235 g/mol. The number of pyridine rings is 1. The number of aromatic nitrogens is 1. The van der Waals surface area contributed by atoms with Crippen molar-refractivity contribution in [3.05, 3.63) is 28.6 Å². The van der Waals surface area contributed by atoms with Gasteiger partial charge < -0.3 is 4.74 Å². The van der Waals surface area contributed by atoms with Crippen LogP contribution in [0.4, 0.5) is 0 Å². The highest BCUT2D eigenvalue weighted by atomic mass is 16.5. The van der Waals surface area contributed by atoms with E-state index in [4.69, 9.17) is 4.74 Å². The van der Waals surface area contributed by atoms with Crippen molar-refractivity contribution < 1.29 is 9.53 Å². The van der Waals surface area contributed by atoms with E-state index in [9.17, 15) is 4.79 Å². The van der Waals surface area contributed by atoms with Gasteiger partial charge in [-0.1, -0.05) is 20.8 Å². The molecule has 3 heteroatoms. The summed E-state index contributed by atoms with van der Waals surface area (Å²) in [5.41, 5.74) is 3.20. The third-order valence-corrected chi connectivity index (χ3v) is 2.67. The fraction of sp³-hybridized carbons (Fsp3) is 0.571. The molecule has 0 aromatic carbocycles. The smallest absolute Gasteiger partial charge is 0.340 e. The molecule has 3 nitrogen and oxygen atoms in total. The molecule has 0 atom stereocenters. The number of rotatable bonds is 2. The molecule has 0 amide bonds. The van der Waals surface area contributed by atoms with Gasteiger partial charge >= 0.3 is 5.97 Å². The van der Waals surface area contributed by atoms with E-state index in [1.54, 1.807) is 0 Å². The predicted molar refractivity (Wildman–Crippen MR) is 68.4 cm³/mol. The lowest BCUT2D eigenvalue weighted by Crippen LogP contribution is -2.21.